The van der Waals surface area contributed by atoms with E-state index in [9.17, 15) is 14.4 Å². The highest BCUT2D eigenvalue weighted by molar-refractivity contribution is 6.03. The summed E-state index contributed by atoms with van der Waals surface area (Å²) in [5, 5.41) is 0. The molecule has 6 nitrogen and oxygen atoms in total. The average molecular weight is 419 g/mol. The Morgan fingerprint density at radius 1 is 1.17 bits per heavy atom. The minimum atomic E-state index is -1.37. The zero-order valence-electron chi connectivity index (χ0n) is 19.1. The van der Waals surface area contributed by atoms with Crippen molar-refractivity contribution < 1.29 is 28.6 Å². The second kappa shape index (κ2) is 6.65. The molecule has 1 saturated heterocycles. The lowest BCUT2D eigenvalue weighted by atomic mass is 9.77. The number of Topliss-reactive ketones (excluding diaryl/α,β-unsaturated/α-hetero) is 1. The van der Waals surface area contributed by atoms with Crippen LogP contribution >= 0.6 is 0 Å². The molecule has 3 fully saturated rings. The van der Waals surface area contributed by atoms with Gasteiger partial charge >= 0.3 is 11.9 Å². The fraction of sp³-hybridized carbons (Fsp3) is 0.792. The highest BCUT2D eigenvalue weighted by atomic mass is 16.6. The summed E-state index contributed by atoms with van der Waals surface area (Å²) in [6.07, 6.45) is 3.48. The van der Waals surface area contributed by atoms with Crippen LogP contribution in [0.2, 0.25) is 0 Å². The third-order valence-corrected chi connectivity index (χ3v) is 8.24. The van der Waals surface area contributed by atoms with Crippen molar-refractivity contribution >= 4 is 17.7 Å². The molecule has 4 aliphatic rings. The van der Waals surface area contributed by atoms with Gasteiger partial charge in [0, 0.05) is 20.3 Å². The van der Waals surface area contributed by atoms with Gasteiger partial charge in [0.1, 0.15) is 6.10 Å². The van der Waals surface area contributed by atoms with Crippen LogP contribution in [0.3, 0.4) is 0 Å². The molecule has 0 radical (unpaired) electrons. The van der Waals surface area contributed by atoms with E-state index in [1.807, 2.05) is 13.8 Å². The van der Waals surface area contributed by atoms with E-state index in [1.54, 1.807) is 0 Å². The Morgan fingerprint density at radius 2 is 1.83 bits per heavy atom. The van der Waals surface area contributed by atoms with Gasteiger partial charge in [-0.3, -0.25) is 14.4 Å². The lowest BCUT2D eigenvalue weighted by molar-refractivity contribution is -0.173. The van der Waals surface area contributed by atoms with Crippen molar-refractivity contribution in [3.8, 4) is 0 Å². The highest BCUT2D eigenvalue weighted by Gasteiger charge is 2.72. The third kappa shape index (κ3) is 3.14. The van der Waals surface area contributed by atoms with E-state index in [0.29, 0.717) is 23.8 Å². The smallest absolute Gasteiger partial charge is 0.303 e. The first kappa shape index (κ1) is 21.5. The van der Waals surface area contributed by atoms with Gasteiger partial charge in [-0.25, -0.2) is 0 Å². The Kier molecular flexibility index (Phi) is 4.78. The van der Waals surface area contributed by atoms with E-state index in [4.69, 9.17) is 14.2 Å². The van der Waals surface area contributed by atoms with Crippen LogP contribution in [0.1, 0.15) is 67.7 Å². The number of esters is 2. The minimum absolute atomic E-state index is 0.128. The van der Waals surface area contributed by atoms with Crippen LogP contribution < -0.4 is 0 Å². The lowest BCUT2D eigenvalue weighted by Crippen LogP contribution is -2.52. The largest absolute Gasteiger partial charge is 0.462 e. The third-order valence-electron chi connectivity index (χ3n) is 8.24. The first-order valence-electron chi connectivity index (χ1n) is 11.1. The summed E-state index contributed by atoms with van der Waals surface area (Å²) in [4.78, 5) is 38.0. The van der Waals surface area contributed by atoms with Gasteiger partial charge in [0.15, 0.2) is 5.60 Å². The van der Waals surface area contributed by atoms with Crippen molar-refractivity contribution in [3.63, 3.8) is 0 Å². The van der Waals surface area contributed by atoms with Crippen LogP contribution in [0.15, 0.2) is 11.6 Å². The second-order valence-electron chi connectivity index (χ2n) is 10.8. The van der Waals surface area contributed by atoms with Crippen LogP contribution in [-0.4, -0.2) is 41.1 Å². The predicted octanol–water partition coefficient (Wildman–Crippen LogP) is 3.61. The lowest BCUT2D eigenvalue weighted by Gasteiger charge is -2.35. The Labute approximate surface area is 178 Å². The van der Waals surface area contributed by atoms with Crippen molar-refractivity contribution in [3.05, 3.63) is 11.6 Å². The van der Waals surface area contributed by atoms with Crippen LogP contribution in [0, 0.1) is 29.1 Å². The molecular formula is C24H34O6. The minimum Gasteiger partial charge on any atom is -0.462 e. The Balaban J connectivity index is 1.83. The van der Waals surface area contributed by atoms with E-state index in [0.717, 1.165) is 12.8 Å². The van der Waals surface area contributed by atoms with E-state index < -0.39 is 35.2 Å². The maximum atomic E-state index is 13.9. The molecule has 0 bridgehead atoms. The normalized spacial score (nSPS) is 46.4. The van der Waals surface area contributed by atoms with Crippen molar-refractivity contribution in [1.82, 2.24) is 0 Å². The van der Waals surface area contributed by atoms with E-state index in [-0.39, 0.29) is 23.2 Å². The molecule has 2 saturated carbocycles. The van der Waals surface area contributed by atoms with Crippen molar-refractivity contribution in [2.24, 2.45) is 29.1 Å². The Bertz CT molecular complexity index is 828. The molecule has 6 heteroatoms. The average Bonchev–Trinajstić information content (AvgIpc) is 3.38. The number of carbonyl (C=O) groups is 3. The fourth-order valence-corrected chi connectivity index (χ4v) is 6.50. The quantitative estimate of drug-likeness (QED) is 0.503. The monoisotopic (exact) mass is 418 g/mol. The van der Waals surface area contributed by atoms with Gasteiger partial charge in [0.25, 0.3) is 0 Å². The van der Waals surface area contributed by atoms with Crippen molar-refractivity contribution in [2.45, 2.75) is 91.1 Å². The maximum absolute atomic E-state index is 13.9. The molecule has 0 aromatic carbocycles. The van der Waals surface area contributed by atoms with Crippen molar-refractivity contribution in [2.75, 3.05) is 0 Å². The number of carbonyl (C=O) groups excluding carboxylic acids is 3. The summed E-state index contributed by atoms with van der Waals surface area (Å²) in [7, 11) is 0. The van der Waals surface area contributed by atoms with Crippen LogP contribution in [0.4, 0.5) is 0 Å². The van der Waals surface area contributed by atoms with Gasteiger partial charge in [-0.1, -0.05) is 26.8 Å². The summed E-state index contributed by atoms with van der Waals surface area (Å²) in [5.74, 6) is -0.877. The standard InChI is InChI=1S/C24H34O6/c1-12-10-17-16(22(17,5)6)8-9-23(7)21(30-23)18-19(28-14(3)25)13(2)11-24(18,20(12)27)29-15(4)26/h10,13,16-19,21H,8-9,11H2,1-7H3/t13-,16-,17+,18+,19-,21+,23+,24+/m0/s1. The number of allylic oxidation sites excluding steroid dienone is 1. The molecule has 4 rings (SSSR count). The maximum Gasteiger partial charge on any atom is 0.303 e. The molecule has 0 amide bonds. The molecule has 0 aromatic heterocycles. The Hall–Kier alpha value is -1.69. The van der Waals surface area contributed by atoms with Gasteiger partial charge < -0.3 is 14.2 Å². The van der Waals surface area contributed by atoms with Crippen LogP contribution in [0.5, 0.6) is 0 Å². The molecule has 0 aromatic rings. The first-order valence-corrected chi connectivity index (χ1v) is 11.1. The molecule has 30 heavy (non-hydrogen) atoms. The molecule has 0 N–H and O–H groups in total. The molecule has 3 aliphatic carbocycles. The molecule has 8 atom stereocenters. The molecule has 1 aliphatic heterocycles. The number of rotatable bonds is 2. The summed E-state index contributed by atoms with van der Waals surface area (Å²) in [6, 6.07) is 0. The number of fused-ring (bicyclic) bond motifs is 4. The van der Waals surface area contributed by atoms with Crippen LogP contribution in [0.25, 0.3) is 0 Å². The molecular weight excluding hydrogens is 384 g/mol. The topological polar surface area (TPSA) is 82.2 Å². The van der Waals surface area contributed by atoms with E-state index >= 15 is 0 Å². The summed E-state index contributed by atoms with van der Waals surface area (Å²) < 4.78 is 17.8. The SMILES string of the molecule is CC(=O)O[C@@H]1[C@@H]2[C@H]3O[C@]3(C)CC[C@H]3[C@@H](C=C(C)C(=O)[C@@]2(OC(C)=O)C[C@@H]1C)C3(C)C. The second-order valence-corrected chi connectivity index (χ2v) is 10.8. The molecule has 0 unspecified atom stereocenters. The summed E-state index contributed by atoms with van der Waals surface area (Å²) in [6.45, 7) is 13.0. The fourth-order valence-electron chi connectivity index (χ4n) is 6.50. The van der Waals surface area contributed by atoms with Gasteiger partial charge in [-0.2, -0.15) is 0 Å². The van der Waals surface area contributed by atoms with E-state index in [2.05, 4.69) is 26.8 Å². The highest BCUT2D eigenvalue weighted by Crippen LogP contribution is 2.64. The van der Waals surface area contributed by atoms with Crippen LogP contribution in [-0.2, 0) is 28.6 Å². The Morgan fingerprint density at radius 3 is 2.43 bits per heavy atom. The first-order chi connectivity index (χ1) is 13.8. The van der Waals surface area contributed by atoms with Gasteiger partial charge in [0.2, 0.25) is 5.78 Å². The van der Waals surface area contributed by atoms with Crippen molar-refractivity contribution in [1.29, 1.82) is 0 Å². The van der Waals surface area contributed by atoms with Gasteiger partial charge in [-0.05, 0) is 55.4 Å². The van der Waals surface area contributed by atoms with E-state index in [1.165, 1.54) is 13.8 Å². The predicted molar refractivity (Wildman–Crippen MR) is 109 cm³/mol. The van der Waals surface area contributed by atoms with Gasteiger partial charge in [0.05, 0.1) is 17.6 Å². The number of ether oxygens (including phenoxy) is 3. The number of ketones is 1. The summed E-state index contributed by atoms with van der Waals surface area (Å²) in [5.41, 5.74) is -0.992. The zero-order chi connectivity index (χ0) is 22.2. The molecule has 1 heterocycles. The van der Waals surface area contributed by atoms with Gasteiger partial charge in [-0.15, -0.1) is 0 Å². The molecule has 166 valence electrons. The summed E-state index contributed by atoms with van der Waals surface area (Å²) >= 11 is 0. The number of epoxide rings is 1. The number of hydrogen-bond donors (Lipinski definition) is 0. The molecule has 0 spiro atoms. The number of hydrogen-bond acceptors (Lipinski definition) is 6. The zero-order valence-corrected chi connectivity index (χ0v) is 19.1.